The molecule has 0 spiro atoms. The third-order valence-corrected chi connectivity index (χ3v) is 1.02. The van der Waals surface area contributed by atoms with Gasteiger partial charge in [0.25, 0.3) is 0 Å². The van der Waals surface area contributed by atoms with Gasteiger partial charge in [0.2, 0.25) is 5.91 Å². The first-order valence-corrected chi connectivity index (χ1v) is 2.80. The average molecular weight is 166 g/mol. The summed E-state index contributed by atoms with van der Waals surface area (Å²) in [7, 11) is 0. The number of carbonyl (C=O) groups is 2. The Balaban J connectivity index is 0. The van der Waals surface area contributed by atoms with E-state index in [2.05, 4.69) is 0 Å². The second kappa shape index (κ2) is 5.60. The van der Waals surface area contributed by atoms with Crippen molar-refractivity contribution in [2.45, 2.75) is 18.9 Å². The highest BCUT2D eigenvalue weighted by Gasteiger charge is 2.11. The van der Waals surface area contributed by atoms with E-state index >= 15 is 0 Å². The van der Waals surface area contributed by atoms with Gasteiger partial charge >= 0.3 is 5.97 Å². The van der Waals surface area contributed by atoms with Crippen molar-refractivity contribution in [2.75, 3.05) is 0 Å². The molecule has 0 aliphatic rings. The zero-order chi connectivity index (χ0) is 8.15. The van der Waals surface area contributed by atoms with Gasteiger partial charge in [0, 0.05) is 6.42 Å². The van der Waals surface area contributed by atoms with Crippen LogP contribution in [0.4, 0.5) is 4.70 Å². The van der Waals surface area contributed by atoms with Crippen molar-refractivity contribution in [3.8, 4) is 0 Å². The summed E-state index contributed by atoms with van der Waals surface area (Å²) >= 11 is 0. The predicted octanol–water partition coefficient (Wildman–Crippen LogP) is -1.18. The van der Waals surface area contributed by atoms with E-state index in [0.29, 0.717) is 0 Å². The van der Waals surface area contributed by atoms with Gasteiger partial charge in [-0.2, -0.15) is 0 Å². The molecule has 0 heterocycles. The summed E-state index contributed by atoms with van der Waals surface area (Å²) in [5.74, 6) is -1.64. The fraction of sp³-hybridized carbons (Fsp3) is 0.600. The van der Waals surface area contributed by atoms with Gasteiger partial charge in [-0.05, 0) is 6.42 Å². The van der Waals surface area contributed by atoms with E-state index < -0.39 is 17.9 Å². The van der Waals surface area contributed by atoms with Gasteiger partial charge in [-0.3, -0.25) is 14.3 Å². The minimum absolute atomic E-state index is 0. The molecule has 0 aromatic carbocycles. The summed E-state index contributed by atoms with van der Waals surface area (Å²) < 4.78 is 0. The molecule has 1 atom stereocenters. The minimum Gasteiger partial charge on any atom is -0.480 e. The highest BCUT2D eigenvalue weighted by molar-refractivity contribution is 5.76. The molecule has 1 amide bonds. The summed E-state index contributed by atoms with van der Waals surface area (Å²) in [5, 5.41) is 8.22. The second-order valence-corrected chi connectivity index (χ2v) is 1.95. The van der Waals surface area contributed by atoms with Crippen LogP contribution in [-0.2, 0) is 9.59 Å². The number of amides is 1. The number of carbonyl (C=O) groups excluding carboxylic acids is 1. The molecule has 0 saturated heterocycles. The summed E-state index contributed by atoms with van der Waals surface area (Å²) in [6.07, 6.45) is 0.123. The third kappa shape index (κ3) is 6.72. The summed E-state index contributed by atoms with van der Waals surface area (Å²) in [5.41, 5.74) is 9.81. The summed E-state index contributed by atoms with van der Waals surface area (Å²) in [6.45, 7) is 0. The lowest BCUT2D eigenvalue weighted by molar-refractivity contribution is -0.138. The molecule has 0 aromatic heterocycles. The fourth-order valence-electron chi connectivity index (χ4n) is 0.421. The number of primary amides is 1. The maximum atomic E-state index is 10.1. The molecule has 0 radical (unpaired) electrons. The lowest BCUT2D eigenvalue weighted by Gasteiger charge is -2.01. The summed E-state index contributed by atoms with van der Waals surface area (Å²) in [6, 6.07) is -0.979. The Kier molecular flexibility index (Phi) is 6.37. The number of hydrogen-bond donors (Lipinski definition) is 3. The van der Waals surface area contributed by atoms with Crippen LogP contribution in [0.1, 0.15) is 12.8 Å². The average Bonchev–Trinajstić information content (AvgIpc) is 1.82. The van der Waals surface area contributed by atoms with Crippen molar-refractivity contribution >= 4 is 11.9 Å². The minimum atomic E-state index is -1.11. The molecule has 0 rings (SSSR count). The van der Waals surface area contributed by atoms with Gasteiger partial charge in [-0.25, -0.2) is 0 Å². The normalized spacial score (nSPS) is 11.4. The smallest absolute Gasteiger partial charge is 0.320 e. The molecule has 0 aromatic rings. The molecule has 0 bridgehead atoms. The van der Waals surface area contributed by atoms with Gasteiger partial charge < -0.3 is 16.6 Å². The predicted molar refractivity (Wildman–Crippen MR) is 36.5 cm³/mol. The molecule has 11 heavy (non-hydrogen) atoms. The van der Waals surface area contributed by atoms with E-state index in [-0.39, 0.29) is 17.5 Å². The van der Waals surface area contributed by atoms with Crippen molar-refractivity contribution in [1.29, 1.82) is 0 Å². The first-order chi connectivity index (χ1) is 4.54. The molecule has 5 nitrogen and oxygen atoms in total. The molecule has 6 heteroatoms. The van der Waals surface area contributed by atoms with Crippen molar-refractivity contribution in [1.82, 2.24) is 0 Å². The number of halogens is 1. The Bertz CT molecular complexity index is 151. The largest absolute Gasteiger partial charge is 0.480 e. The number of aliphatic carboxylic acids is 1. The van der Waals surface area contributed by atoms with Crippen molar-refractivity contribution in [3.05, 3.63) is 0 Å². The zero-order valence-corrected chi connectivity index (χ0v) is 5.82. The molecule has 66 valence electrons. The Morgan fingerprint density at radius 2 is 1.91 bits per heavy atom. The van der Waals surface area contributed by atoms with Crippen molar-refractivity contribution in [3.63, 3.8) is 0 Å². The maximum Gasteiger partial charge on any atom is 0.320 e. The second-order valence-electron chi connectivity index (χ2n) is 1.95. The van der Waals surface area contributed by atoms with Crippen LogP contribution in [0.25, 0.3) is 0 Å². The highest BCUT2D eigenvalue weighted by Crippen LogP contribution is 1.92. The molecule has 0 aliphatic carbocycles. The third-order valence-electron chi connectivity index (χ3n) is 1.02. The van der Waals surface area contributed by atoms with E-state index in [4.69, 9.17) is 16.6 Å². The van der Waals surface area contributed by atoms with Crippen LogP contribution in [0.15, 0.2) is 0 Å². The Morgan fingerprint density at radius 3 is 2.18 bits per heavy atom. The molecular formula is C5H11FN2O3. The summed E-state index contributed by atoms with van der Waals surface area (Å²) in [4.78, 5) is 20.1. The Hall–Kier alpha value is -1.17. The van der Waals surface area contributed by atoms with Crippen LogP contribution >= 0.6 is 0 Å². The van der Waals surface area contributed by atoms with E-state index in [1.165, 1.54) is 0 Å². The number of hydrogen-bond acceptors (Lipinski definition) is 3. The first kappa shape index (κ1) is 12.5. The lowest BCUT2D eigenvalue weighted by Crippen LogP contribution is -2.31. The van der Waals surface area contributed by atoms with E-state index in [0.717, 1.165) is 0 Å². The molecule has 0 aliphatic heterocycles. The first-order valence-electron chi connectivity index (χ1n) is 2.80. The number of carboxylic acid groups (broad SMARTS) is 1. The topological polar surface area (TPSA) is 106 Å². The highest BCUT2D eigenvalue weighted by atomic mass is 19.0. The lowest BCUT2D eigenvalue weighted by atomic mass is 10.2. The Labute approximate surface area is 62.7 Å². The van der Waals surface area contributed by atoms with E-state index in [1.54, 1.807) is 0 Å². The van der Waals surface area contributed by atoms with Crippen molar-refractivity contribution in [2.24, 2.45) is 11.5 Å². The van der Waals surface area contributed by atoms with Crippen LogP contribution < -0.4 is 11.5 Å². The molecule has 0 fully saturated rings. The van der Waals surface area contributed by atoms with Crippen LogP contribution in [0.2, 0.25) is 0 Å². The van der Waals surface area contributed by atoms with Crippen molar-refractivity contribution < 1.29 is 19.4 Å². The van der Waals surface area contributed by atoms with Crippen LogP contribution in [0, 0.1) is 0 Å². The zero-order valence-electron chi connectivity index (χ0n) is 5.82. The van der Waals surface area contributed by atoms with Crippen LogP contribution in [-0.4, -0.2) is 23.0 Å². The number of nitrogens with two attached hydrogens (primary N) is 2. The van der Waals surface area contributed by atoms with Crippen LogP contribution in [0.5, 0.6) is 0 Å². The standard InChI is InChI=1S/C5H10N2O3.FH/c6-3(5(9)10)1-2-4(7)8;/h3H,1-2,6H2,(H2,7,8)(H,9,10);1H/t3-;/m0./s1. The maximum absolute atomic E-state index is 10.1. The number of carboxylic acids is 1. The monoisotopic (exact) mass is 166 g/mol. The van der Waals surface area contributed by atoms with Gasteiger partial charge in [0.1, 0.15) is 6.04 Å². The van der Waals surface area contributed by atoms with Gasteiger partial charge in [-0.15, -0.1) is 0 Å². The molecule has 0 unspecified atom stereocenters. The van der Waals surface area contributed by atoms with E-state index in [1.807, 2.05) is 0 Å². The van der Waals surface area contributed by atoms with Gasteiger partial charge in [-0.1, -0.05) is 0 Å². The molecular weight excluding hydrogens is 155 g/mol. The molecule has 0 saturated carbocycles. The Morgan fingerprint density at radius 1 is 1.45 bits per heavy atom. The van der Waals surface area contributed by atoms with Gasteiger partial charge in [0.15, 0.2) is 0 Å². The SMILES string of the molecule is F.NC(=O)CC[C@H](N)C(=O)O. The quantitative estimate of drug-likeness (QED) is 0.488. The number of rotatable bonds is 4. The van der Waals surface area contributed by atoms with Gasteiger partial charge in [0.05, 0.1) is 0 Å². The fourth-order valence-corrected chi connectivity index (χ4v) is 0.421. The molecule has 5 N–H and O–H groups in total. The van der Waals surface area contributed by atoms with E-state index in [9.17, 15) is 9.59 Å². The van der Waals surface area contributed by atoms with Crippen LogP contribution in [0.3, 0.4) is 0 Å².